The number of hydrogen-bond donors (Lipinski definition) is 1. The van der Waals surface area contributed by atoms with Crippen LogP contribution in [0.25, 0.3) is 0 Å². The lowest BCUT2D eigenvalue weighted by molar-refractivity contribution is 0.241. The molecule has 1 aliphatic heterocycles. The fourth-order valence-electron chi connectivity index (χ4n) is 3.51. The molecule has 1 aromatic carbocycles. The third-order valence-electron chi connectivity index (χ3n) is 5.03. The van der Waals surface area contributed by atoms with E-state index in [1.807, 2.05) is 12.1 Å². The molecule has 26 heavy (non-hydrogen) atoms. The van der Waals surface area contributed by atoms with Crippen molar-refractivity contribution in [2.24, 2.45) is 0 Å². The highest BCUT2D eigenvalue weighted by molar-refractivity contribution is 6.32. The van der Waals surface area contributed by atoms with Crippen molar-refractivity contribution < 1.29 is 9.47 Å². The fraction of sp³-hybridized carbons (Fsp3) is 0.474. The van der Waals surface area contributed by atoms with Crippen molar-refractivity contribution in [1.29, 1.82) is 0 Å². The molecule has 4 rings (SSSR count). The number of methoxy groups -OCH3 is 2. The maximum Gasteiger partial charge on any atom is 0.255 e. The van der Waals surface area contributed by atoms with E-state index in [1.165, 1.54) is 0 Å². The minimum absolute atomic E-state index is 0.00643. The van der Waals surface area contributed by atoms with Crippen LogP contribution in [0.15, 0.2) is 16.9 Å². The molecule has 0 saturated heterocycles. The van der Waals surface area contributed by atoms with Crippen molar-refractivity contribution in [2.45, 2.75) is 38.3 Å². The van der Waals surface area contributed by atoms with Gasteiger partial charge in [-0.05, 0) is 30.5 Å². The maximum absolute atomic E-state index is 12.5. The molecular formula is C19H22ClN3O3. The Bertz CT molecular complexity index is 892. The van der Waals surface area contributed by atoms with Crippen molar-refractivity contribution in [3.05, 3.63) is 50.2 Å². The summed E-state index contributed by atoms with van der Waals surface area (Å²) >= 11 is 6.30. The van der Waals surface area contributed by atoms with Crippen LogP contribution in [0.5, 0.6) is 11.5 Å². The number of nitrogens with zero attached hydrogens (tertiary/aromatic N) is 2. The van der Waals surface area contributed by atoms with Crippen LogP contribution in [-0.2, 0) is 19.5 Å². The van der Waals surface area contributed by atoms with Crippen LogP contribution in [-0.4, -0.2) is 35.6 Å². The van der Waals surface area contributed by atoms with Gasteiger partial charge < -0.3 is 14.5 Å². The van der Waals surface area contributed by atoms with Gasteiger partial charge in [0.15, 0.2) is 11.5 Å². The number of aromatic nitrogens is 2. The molecule has 1 saturated carbocycles. The van der Waals surface area contributed by atoms with Crippen LogP contribution in [0.1, 0.15) is 41.4 Å². The highest BCUT2D eigenvalue weighted by atomic mass is 35.5. The second-order valence-corrected chi connectivity index (χ2v) is 7.33. The Labute approximate surface area is 157 Å². The average molecular weight is 376 g/mol. The van der Waals surface area contributed by atoms with Gasteiger partial charge in [-0.15, -0.1) is 0 Å². The third-order valence-corrected chi connectivity index (χ3v) is 5.31. The standard InChI is InChI=1S/C19H22ClN3O3/c1-25-16-8-11(7-14(20)17(16)26-2)9-23-6-5-15-13(10-23)19(24)22-18(21-15)12-3-4-12/h7-8,12H,3-6,9-10H2,1-2H3,(H,21,22,24). The Morgan fingerprint density at radius 2 is 2.12 bits per heavy atom. The van der Waals surface area contributed by atoms with Crippen molar-refractivity contribution in [1.82, 2.24) is 14.9 Å². The van der Waals surface area contributed by atoms with E-state index in [4.69, 9.17) is 26.1 Å². The lowest BCUT2D eigenvalue weighted by Crippen LogP contribution is -2.35. The molecule has 2 aromatic rings. The number of ether oxygens (including phenoxy) is 2. The molecule has 7 heteroatoms. The minimum atomic E-state index is 0.00643. The van der Waals surface area contributed by atoms with Crippen molar-refractivity contribution in [3.8, 4) is 11.5 Å². The van der Waals surface area contributed by atoms with Crippen LogP contribution in [0.4, 0.5) is 0 Å². The summed E-state index contributed by atoms with van der Waals surface area (Å²) in [5, 5.41) is 0.521. The first-order valence-corrected chi connectivity index (χ1v) is 9.21. The predicted octanol–water partition coefficient (Wildman–Crippen LogP) is 2.88. The molecule has 1 fully saturated rings. The molecule has 1 aromatic heterocycles. The zero-order chi connectivity index (χ0) is 18.3. The largest absolute Gasteiger partial charge is 0.493 e. The summed E-state index contributed by atoms with van der Waals surface area (Å²) in [6, 6.07) is 3.82. The van der Waals surface area contributed by atoms with Crippen molar-refractivity contribution in [2.75, 3.05) is 20.8 Å². The monoisotopic (exact) mass is 375 g/mol. The van der Waals surface area contributed by atoms with E-state index in [0.717, 1.165) is 48.5 Å². The topological polar surface area (TPSA) is 67.5 Å². The van der Waals surface area contributed by atoms with Crippen LogP contribution in [0, 0.1) is 0 Å². The van der Waals surface area contributed by atoms with Gasteiger partial charge in [0.1, 0.15) is 5.82 Å². The smallest absolute Gasteiger partial charge is 0.255 e. The molecule has 1 aliphatic carbocycles. The van der Waals surface area contributed by atoms with E-state index in [2.05, 4.69) is 9.88 Å². The molecule has 0 atom stereocenters. The molecule has 6 nitrogen and oxygen atoms in total. The second kappa shape index (κ2) is 6.93. The fourth-order valence-corrected chi connectivity index (χ4v) is 3.82. The summed E-state index contributed by atoms with van der Waals surface area (Å²) in [6.45, 7) is 2.14. The van der Waals surface area contributed by atoms with Crippen LogP contribution in [0.3, 0.4) is 0 Å². The van der Waals surface area contributed by atoms with Gasteiger partial charge >= 0.3 is 0 Å². The molecule has 0 radical (unpaired) electrons. The third kappa shape index (κ3) is 3.31. The summed E-state index contributed by atoms with van der Waals surface area (Å²) in [4.78, 5) is 22.4. The zero-order valence-electron chi connectivity index (χ0n) is 15.0. The van der Waals surface area contributed by atoms with E-state index in [0.29, 0.717) is 35.5 Å². The number of benzene rings is 1. The SMILES string of the molecule is COc1cc(CN2CCc3nc(C4CC4)[nH]c(=O)c3C2)cc(Cl)c1OC. The minimum Gasteiger partial charge on any atom is -0.493 e. The molecule has 2 aliphatic rings. The van der Waals surface area contributed by atoms with Gasteiger partial charge in [0.2, 0.25) is 0 Å². The molecule has 138 valence electrons. The quantitative estimate of drug-likeness (QED) is 0.870. The summed E-state index contributed by atoms with van der Waals surface area (Å²) in [5.41, 5.74) is 2.77. The van der Waals surface area contributed by atoms with E-state index >= 15 is 0 Å². The lowest BCUT2D eigenvalue weighted by atomic mass is 10.1. The maximum atomic E-state index is 12.5. The second-order valence-electron chi connectivity index (χ2n) is 6.92. The highest BCUT2D eigenvalue weighted by Gasteiger charge is 2.29. The number of aromatic amines is 1. The first-order valence-electron chi connectivity index (χ1n) is 8.83. The first-order chi connectivity index (χ1) is 12.6. The average Bonchev–Trinajstić information content (AvgIpc) is 3.46. The van der Waals surface area contributed by atoms with Gasteiger partial charge in [0, 0.05) is 32.0 Å². The van der Waals surface area contributed by atoms with Crippen LogP contribution in [0.2, 0.25) is 5.02 Å². The molecule has 0 spiro atoms. The summed E-state index contributed by atoms with van der Waals surface area (Å²) in [5.74, 6) is 2.48. The Kier molecular flexibility index (Phi) is 4.63. The summed E-state index contributed by atoms with van der Waals surface area (Å²) in [6.07, 6.45) is 3.06. The van der Waals surface area contributed by atoms with Crippen molar-refractivity contribution >= 4 is 11.6 Å². The Morgan fingerprint density at radius 1 is 1.31 bits per heavy atom. The molecule has 1 N–H and O–H groups in total. The number of rotatable bonds is 5. The van der Waals surface area contributed by atoms with Gasteiger partial charge in [-0.3, -0.25) is 9.69 Å². The summed E-state index contributed by atoms with van der Waals surface area (Å²) < 4.78 is 10.7. The van der Waals surface area contributed by atoms with Crippen LogP contribution < -0.4 is 15.0 Å². The molecule has 0 unspecified atom stereocenters. The number of hydrogen-bond acceptors (Lipinski definition) is 5. The van der Waals surface area contributed by atoms with Crippen molar-refractivity contribution in [3.63, 3.8) is 0 Å². The van der Waals surface area contributed by atoms with Crippen LogP contribution >= 0.6 is 11.6 Å². The van der Waals surface area contributed by atoms with E-state index in [9.17, 15) is 4.79 Å². The number of H-pyrrole nitrogens is 1. The first kappa shape index (κ1) is 17.4. The van der Waals surface area contributed by atoms with Gasteiger partial charge in [0.05, 0.1) is 30.5 Å². The molecule has 0 amide bonds. The predicted molar refractivity (Wildman–Crippen MR) is 99.2 cm³/mol. The summed E-state index contributed by atoms with van der Waals surface area (Å²) in [7, 11) is 3.16. The number of nitrogens with one attached hydrogen (secondary N) is 1. The molecule has 0 bridgehead atoms. The van der Waals surface area contributed by atoms with Gasteiger partial charge in [-0.1, -0.05) is 11.6 Å². The Hall–Kier alpha value is -2.05. The van der Waals surface area contributed by atoms with Gasteiger partial charge in [-0.25, -0.2) is 4.98 Å². The van der Waals surface area contributed by atoms with Gasteiger partial charge in [-0.2, -0.15) is 0 Å². The van der Waals surface area contributed by atoms with E-state index < -0.39 is 0 Å². The normalized spacial score (nSPS) is 17.0. The lowest BCUT2D eigenvalue weighted by Gasteiger charge is -2.28. The van der Waals surface area contributed by atoms with E-state index in [-0.39, 0.29) is 5.56 Å². The zero-order valence-corrected chi connectivity index (χ0v) is 15.7. The number of fused-ring (bicyclic) bond motifs is 1. The van der Waals surface area contributed by atoms with Gasteiger partial charge in [0.25, 0.3) is 5.56 Å². The Morgan fingerprint density at radius 3 is 2.81 bits per heavy atom. The highest BCUT2D eigenvalue weighted by Crippen LogP contribution is 2.38. The number of halogens is 1. The van der Waals surface area contributed by atoms with E-state index in [1.54, 1.807) is 14.2 Å². The Balaban J connectivity index is 1.54. The molecule has 2 heterocycles. The molecular weight excluding hydrogens is 354 g/mol.